The van der Waals surface area contributed by atoms with Gasteiger partial charge in [-0.05, 0) is 31.0 Å². The summed E-state index contributed by atoms with van der Waals surface area (Å²) in [5.41, 5.74) is 2.15. The second kappa shape index (κ2) is 6.71. The van der Waals surface area contributed by atoms with Crippen LogP contribution in [-0.4, -0.2) is 48.9 Å². The molecule has 0 aromatic heterocycles. The van der Waals surface area contributed by atoms with Crippen molar-refractivity contribution in [2.24, 2.45) is 5.92 Å². The highest BCUT2D eigenvalue weighted by atomic mass is 16.2. The fourth-order valence-electron chi connectivity index (χ4n) is 3.44. The van der Waals surface area contributed by atoms with Crippen LogP contribution in [0.2, 0.25) is 0 Å². The maximum Gasteiger partial charge on any atom is 0.228 e. The Balaban J connectivity index is 1.70. The van der Waals surface area contributed by atoms with E-state index in [1.807, 2.05) is 17.0 Å². The highest BCUT2D eigenvalue weighted by Crippen LogP contribution is 2.27. The molecule has 1 aromatic rings. The molecule has 2 saturated heterocycles. The van der Waals surface area contributed by atoms with Crippen LogP contribution in [0.1, 0.15) is 25.8 Å². The first kappa shape index (κ1) is 16.0. The number of piperazine rings is 1. The third kappa shape index (κ3) is 3.24. The Morgan fingerprint density at radius 3 is 2.70 bits per heavy atom. The fraction of sp³-hybridized carbons (Fsp3) is 0.556. The van der Waals surface area contributed by atoms with E-state index in [4.69, 9.17) is 0 Å². The van der Waals surface area contributed by atoms with Gasteiger partial charge in [0.1, 0.15) is 0 Å². The molecule has 2 aliphatic rings. The SMILES string of the molecule is CCc1ccc(N2CC(C(=O)N3CCNC[C@@H]3C)CC2=O)cc1. The van der Waals surface area contributed by atoms with E-state index in [0.717, 1.165) is 31.7 Å². The van der Waals surface area contributed by atoms with Crippen molar-refractivity contribution in [1.29, 1.82) is 0 Å². The molecule has 2 fully saturated rings. The zero-order valence-electron chi connectivity index (χ0n) is 13.9. The van der Waals surface area contributed by atoms with Crippen molar-refractivity contribution in [3.63, 3.8) is 0 Å². The predicted octanol–water partition coefficient (Wildman–Crippen LogP) is 1.42. The van der Waals surface area contributed by atoms with Crippen molar-refractivity contribution in [2.45, 2.75) is 32.7 Å². The molecule has 5 heteroatoms. The molecular weight excluding hydrogens is 290 g/mol. The molecule has 2 aliphatic heterocycles. The van der Waals surface area contributed by atoms with Gasteiger partial charge >= 0.3 is 0 Å². The van der Waals surface area contributed by atoms with Crippen molar-refractivity contribution in [2.75, 3.05) is 31.1 Å². The molecule has 1 N–H and O–H groups in total. The average Bonchev–Trinajstić information content (AvgIpc) is 2.96. The second-order valence-corrected chi connectivity index (χ2v) is 6.51. The molecule has 23 heavy (non-hydrogen) atoms. The molecule has 0 spiro atoms. The summed E-state index contributed by atoms with van der Waals surface area (Å²) in [7, 11) is 0. The smallest absolute Gasteiger partial charge is 0.228 e. The van der Waals surface area contributed by atoms with Gasteiger partial charge in [-0.15, -0.1) is 0 Å². The number of carbonyl (C=O) groups is 2. The Kier molecular flexibility index (Phi) is 4.66. The standard InChI is InChI=1S/C18H25N3O2/c1-3-14-4-6-16(7-5-14)21-12-15(10-17(21)22)18(23)20-9-8-19-11-13(20)2/h4-7,13,15,19H,3,8-12H2,1-2H3/t13-,15?/m0/s1. The van der Waals surface area contributed by atoms with Crippen molar-refractivity contribution in [1.82, 2.24) is 10.2 Å². The van der Waals surface area contributed by atoms with Crippen LogP contribution in [0.25, 0.3) is 0 Å². The van der Waals surface area contributed by atoms with Crippen molar-refractivity contribution < 1.29 is 9.59 Å². The van der Waals surface area contributed by atoms with Crippen LogP contribution in [0.4, 0.5) is 5.69 Å². The first-order chi connectivity index (χ1) is 11.1. The van der Waals surface area contributed by atoms with E-state index in [0.29, 0.717) is 13.0 Å². The van der Waals surface area contributed by atoms with Crippen LogP contribution in [0.3, 0.4) is 0 Å². The quantitative estimate of drug-likeness (QED) is 0.918. The number of nitrogens with zero attached hydrogens (tertiary/aromatic N) is 2. The summed E-state index contributed by atoms with van der Waals surface area (Å²) < 4.78 is 0. The van der Waals surface area contributed by atoms with E-state index in [1.54, 1.807) is 4.90 Å². The van der Waals surface area contributed by atoms with Gasteiger partial charge in [-0.1, -0.05) is 19.1 Å². The Morgan fingerprint density at radius 2 is 2.04 bits per heavy atom. The van der Waals surface area contributed by atoms with Gasteiger partial charge in [0.2, 0.25) is 11.8 Å². The lowest BCUT2D eigenvalue weighted by Crippen LogP contribution is -2.54. The summed E-state index contributed by atoms with van der Waals surface area (Å²) in [6.45, 7) is 7.06. The molecule has 0 aliphatic carbocycles. The lowest BCUT2D eigenvalue weighted by molar-refractivity contribution is -0.138. The van der Waals surface area contributed by atoms with Crippen molar-refractivity contribution in [3.8, 4) is 0 Å². The molecule has 5 nitrogen and oxygen atoms in total. The van der Waals surface area contributed by atoms with E-state index >= 15 is 0 Å². The van der Waals surface area contributed by atoms with Crippen LogP contribution in [0, 0.1) is 5.92 Å². The summed E-state index contributed by atoms with van der Waals surface area (Å²) in [5, 5.41) is 3.29. The van der Waals surface area contributed by atoms with Crippen LogP contribution in [0.5, 0.6) is 0 Å². The fourth-order valence-corrected chi connectivity index (χ4v) is 3.44. The van der Waals surface area contributed by atoms with E-state index in [9.17, 15) is 9.59 Å². The lowest BCUT2D eigenvalue weighted by Gasteiger charge is -2.35. The van der Waals surface area contributed by atoms with Gasteiger partial charge in [-0.2, -0.15) is 0 Å². The summed E-state index contributed by atoms with van der Waals surface area (Å²) in [6.07, 6.45) is 1.31. The number of rotatable bonds is 3. The minimum Gasteiger partial charge on any atom is -0.337 e. The van der Waals surface area contributed by atoms with Gasteiger partial charge in [0, 0.05) is 44.3 Å². The monoisotopic (exact) mass is 315 g/mol. The number of carbonyl (C=O) groups excluding carboxylic acids is 2. The molecule has 1 unspecified atom stereocenters. The second-order valence-electron chi connectivity index (χ2n) is 6.51. The average molecular weight is 315 g/mol. The van der Waals surface area contributed by atoms with E-state index < -0.39 is 0 Å². The molecule has 0 bridgehead atoms. The molecule has 124 valence electrons. The summed E-state index contributed by atoms with van der Waals surface area (Å²) in [5.74, 6) is -0.0377. The Morgan fingerprint density at radius 1 is 1.30 bits per heavy atom. The molecular formula is C18H25N3O2. The Labute approximate surface area is 137 Å². The van der Waals surface area contributed by atoms with Crippen LogP contribution in [0.15, 0.2) is 24.3 Å². The maximum absolute atomic E-state index is 12.8. The van der Waals surface area contributed by atoms with E-state index in [-0.39, 0.29) is 23.8 Å². The molecule has 0 radical (unpaired) electrons. The first-order valence-corrected chi connectivity index (χ1v) is 8.50. The van der Waals surface area contributed by atoms with Gasteiger partial charge in [0.05, 0.1) is 5.92 Å². The number of hydrogen-bond donors (Lipinski definition) is 1. The highest BCUT2D eigenvalue weighted by molar-refractivity contribution is 6.00. The first-order valence-electron chi connectivity index (χ1n) is 8.50. The van der Waals surface area contributed by atoms with Crippen molar-refractivity contribution in [3.05, 3.63) is 29.8 Å². The molecule has 1 aromatic carbocycles. The van der Waals surface area contributed by atoms with Gasteiger partial charge in [0.25, 0.3) is 0 Å². The molecule has 2 atom stereocenters. The summed E-state index contributed by atoms with van der Waals surface area (Å²) >= 11 is 0. The molecule has 0 saturated carbocycles. The zero-order valence-corrected chi connectivity index (χ0v) is 13.9. The van der Waals surface area contributed by atoms with Crippen LogP contribution in [-0.2, 0) is 16.0 Å². The molecule has 2 amide bonds. The zero-order chi connectivity index (χ0) is 16.4. The highest BCUT2D eigenvalue weighted by Gasteiger charge is 2.38. The maximum atomic E-state index is 12.8. The Bertz CT molecular complexity index is 584. The predicted molar refractivity (Wildman–Crippen MR) is 90.3 cm³/mol. The Hall–Kier alpha value is -1.88. The third-order valence-corrected chi connectivity index (χ3v) is 4.91. The number of benzene rings is 1. The van der Waals surface area contributed by atoms with Crippen LogP contribution < -0.4 is 10.2 Å². The topological polar surface area (TPSA) is 52.7 Å². The van der Waals surface area contributed by atoms with Crippen molar-refractivity contribution >= 4 is 17.5 Å². The third-order valence-electron chi connectivity index (χ3n) is 4.91. The van der Waals surface area contributed by atoms with Gasteiger partial charge in [0.15, 0.2) is 0 Å². The molecule has 2 heterocycles. The van der Waals surface area contributed by atoms with Gasteiger partial charge in [-0.25, -0.2) is 0 Å². The number of aryl methyl sites for hydroxylation is 1. The minimum absolute atomic E-state index is 0.0513. The normalized spacial score (nSPS) is 25.0. The number of hydrogen-bond acceptors (Lipinski definition) is 3. The van der Waals surface area contributed by atoms with E-state index in [1.165, 1.54) is 5.56 Å². The van der Waals surface area contributed by atoms with E-state index in [2.05, 4.69) is 31.3 Å². The molecule has 3 rings (SSSR count). The van der Waals surface area contributed by atoms with Crippen LogP contribution >= 0.6 is 0 Å². The minimum atomic E-state index is -0.214. The summed E-state index contributed by atoms with van der Waals surface area (Å²) in [4.78, 5) is 28.8. The lowest BCUT2D eigenvalue weighted by atomic mass is 10.0. The number of amides is 2. The van der Waals surface area contributed by atoms with Gasteiger partial charge in [-0.3, -0.25) is 9.59 Å². The number of anilines is 1. The summed E-state index contributed by atoms with van der Waals surface area (Å²) in [6, 6.07) is 8.27. The van der Waals surface area contributed by atoms with Gasteiger partial charge < -0.3 is 15.1 Å². The number of nitrogens with one attached hydrogen (secondary N) is 1. The largest absolute Gasteiger partial charge is 0.337 e.